The summed E-state index contributed by atoms with van der Waals surface area (Å²) < 4.78 is 0. The molecule has 1 aromatic heterocycles. The highest BCUT2D eigenvalue weighted by atomic mass is 35.5. The molecule has 0 aliphatic heterocycles. The largest absolute Gasteiger partial charge is 0.362 e. The molecule has 1 fully saturated rings. The number of hydrogen-bond donors (Lipinski definition) is 2. The number of nitrogens with zero attached hydrogens (tertiary/aromatic N) is 3. The molecule has 4 rings (SSSR count). The molecule has 2 aliphatic rings. The molecule has 1 aromatic carbocycles. The van der Waals surface area contributed by atoms with Crippen molar-refractivity contribution in [3.05, 3.63) is 52.2 Å². The maximum Gasteiger partial charge on any atom is 0.244 e. The first-order valence-corrected chi connectivity index (χ1v) is 12.4. The molecule has 0 spiro atoms. The Balaban J connectivity index is 1.25. The van der Waals surface area contributed by atoms with Crippen LogP contribution < -0.4 is 15.5 Å². The van der Waals surface area contributed by atoms with Crippen molar-refractivity contribution in [2.75, 3.05) is 30.9 Å². The highest BCUT2D eigenvalue weighted by Crippen LogP contribution is 2.30. The van der Waals surface area contributed by atoms with Gasteiger partial charge in [0.2, 0.25) is 11.9 Å². The number of amides is 1. The maximum atomic E-state index is 12.2. The highest BCUT2D eigenvalue weighted by molar-refractivity contribution is 6.32. The molecule has 1 amide bonds. The minimum absolute atomic E-state index is 0.0751. The monoisotopic (exact) mass is 467 g/mol. The Labute approximate surface area is 201 Å². The molecule has 2 N–H and O–H groups in total. The zero-order chi connectivity index (χ0) is 23.2. The van der Waals surface area contributed by atoms with Gasteiger partial charge in [-0.3, -0.25) is 4.79 Å². The molecule has 0 radical (unpaired) electrons. The van der Waals surface area contributed by atoms with Gasteiger partial charge in [0, 0.05) is 43.3 Å². The van der Waals surface area contributed by atoms with Gasteiger partial charge in [-0.25, -0.2) is 4.98 Å². The van der Waals surface area contributed by atoms with E-state index in [1.165, 1.54) is 24.1 Å². The van der Waals surface area contributed by atoms with E-state index in [9.17, 15) is 4.79 Å². The number of hydrogen-bond acceptors (Lipinski definition) is 5. The van der Waals surface area contributed by atoms with Gasteiger partial charge in [-0.1, -0.05) is 29.8 Å². The van der Waals surface area contributed by atoms with E-state index >= 15 is 0 Å². The lowest BCUT2D eigenvalue weighted by atomic mass is 9.86. The first-order valence-electron chi connectivity index (χ1n) is 12.0. The van der Waals surface area contributed by atoms with Gasteiger partial charge in [-0.2, -0.15) is 4.98 Å². The van der Waals surface area contributed by atoms with Crippen LogP contribution >= 0.6 is 11.6 Å². The van der Waals surface area contributed by atoms with Crippen molar-refractivity contribution in [2.45, 2.75) is 57.4 Å². The van der Waals surface area contributed by atoms with Crippen LogP contribution in [0, 0.1) is 5.92 Å². The van der Waals surface area contributed by atoms with E-state index in [-0.39, 0.29) is 5.91 Å². The molecule has 7 heteroatoms. The van der Waals surface area contributed by atoms with E-state index in [0.29, 0.717) is 23.5 Å². The van der Waals surface area contributed by atoms with E-state index in [4.69, 9.17) is 21.6 Å². The number of rotatable bonds is 7. The number of aryl methyl sites for hydroxylation is 1. The summed E-state index contributed by atoms with van der Waals surface area (Å²) in [7, 11) is 4.12. The molecule has 0 saturated heterocycles. The van der Waals surface area contributed by atoms with Crippen molar-refractivity contribution in [1.29, 1.82) is 0 Å². The standard InChI is InChI=1S/C26H34ClN5O/c1-32(2)25-21-8-4-6-10-23(21)30-26(31-25)29-20-14-11-18(12-15-20)17-28-24(33)16-13-19-7-3-5-9-22(19)27/h3,5,7,9,13,16,18,20H,4,6,8,10-12,14-15,17H2,1-2H3,(H,28,33)(H,29,30,31). The zero-order valence-electron chi connectivity index (χ0n) is 19.6. The zero-order valence-corrected chi connectivity index (χ0v) is 20.4. The first-order chi connectivity index (χ1) is 16.0. The summed E-state index contributed by atoms with van der Waals surface area (Å²) in [4.78, 5) is 24.0. The van der Waals surface area contributed by atoms with Gasteiger partial charge in [0.05, 0.1) is 5.69 Å². The number of carbonyl (C=O) groups is 1. The van der Waals surface area contributed by atoms with E-state index < -0.39 is 0 Å². The van der Waals surface area contributed by atoms with Crippen LogP contribution in [0.1, 0.15) is 55.3 Å². The molecule has 176 valence electrons. The maximum absolute atomic E-state index is 12.2. The van der Waals surface area contributed by atoms with Crippen LogP contribution in [0.3, 0.4) is 0 Å². The summed E-state index contributed by atoms with van der Waals surface area (Å²) in [6.45, 7) is 0.707. The second kappa shape index (κ2) is 11.0. The van der Waals surface area contributed by atoms with E-state index in [1.807, 2.05) is 24.3 Å². The average Bonchev–Trinajstić information content (AvgIpc) is 2.82. The van der Waals surface area contributed by atoms with Crippen molar-refractivity contribution in [2.24, 2.45) is 5.92 Å². The van der Waals surface area contributed by atoms with Crippen LogP contribution in [0.5, 0.6) is 0 Å². The minimum Gasteiger partial charge on any atom is -0.362 e. The van der Waals surface area contributed by atoms with Gasteiger partial charge >= 0.3 is 0 Å². The third-order valence-electron chi connectivity index (χ3n) is 6.65. The lowest BCUT2D eigenvalue weighted by molar-refractivity contribution is -0.116. The Morgan fingerprint density at radius 1 is 1.12 bits per heavy atom. The van der Waals surface area contributed by atoms with Crippen LogP contribution in [0.4, 0.5) is 11.8 Å². The van der Waals surface area contributed by atoms with Gasteiger partial charge in [-0.15, -0.1) is 0 Å². The Kier molecular flexibility index (Phi) is 7.86. The van der Waals surface area contributed by atoms with Gasteiger partial charge < -0.3 is 15.5 Å². The van der Waals surface area contributed by atoms with Crippen LogP contribution in [-0.4, -0.2) is 42.6 Å². The number of benzene rings is 1. The third-order valence-corrected chi connectivity index (χ3v) is 6.99. The quantitative estimate of drug-likeness (QED) is 0.568. The molecule has 2 aliphatic carbocycles. The summed E-state index contributed by atoms with van der Waals surface area (Å²) in [5.74, 6) is 2.25. The fraction of sp³-hybridized carbons (Fsp3) is 0.500. The van der Waals surface area contributed by atoms with E-state index in [1.54, 1.807) is 12.2 Å². The molecular weight excluding hydrogens is 434 g/mol. The molecule has 0 bridgehead atoms. The number of aromatic nitrogens is 2. The summed E-state index contributed by atoms with van der Waals surface area (Å²) in [5.41, 5.74) is 3.38. The lowest BCUT2D eigenvalue weighted by Crippen LogP contribution is -2.33. The fourth-order valence-corrected chi connectivity index (χ4v) is 4.98. The van der Waals surface area contributed by atoms with Crippen LogP contribution in [-0.2, 0) is 17.6 Å². The average molecular weight is 468 g/mol. The molecule has 33 heavy (non-hydrogen) atoms. The van der Waals surface area contributed by atoms with E-state index in [2.05, 4.69) is 29.6 Å². The molecule has 6 nitrogen and oxygen atoms in total. The van der Waals surface area contributed by atoms with Crippen molar-refractivity contribution < 1.29 is 4.79 Å². The SMILES string of the molecule is CN(C)c1nc(NC2CCC(CNC(=O)C=Cc3ccccc3Cl)CC2)nc2c1CCCC2. The van der Waals surface area contributed by atoms with Crippen molar-refractivity contribution in [3.63, 3.8) is 0 Å². The highest BCUT2D eigenvalue weighted by Gasteiger charge is 2.24. The Morgan fingerprint density at radius 2 is 1.88 bits per heavy atom. The molecule has 0 unspecified atom stereocenters. The summed E-state index contributed by atoms with van der Waals surface area (Å²) >= 11 is 6.14. The topological polar surface area (TPSA) is 70.2 Å². The first kappa shape index (κ1) is 23.6. The van der Waals surface area contributed by atoms with Crippen molar-refractivity contribution >= 4 is 35.4 Å². The predicted octanol–water partition coefficient (Wildman–Crippen LogP) is 4.88. The van der Waals surface area contributed by atoms with Crippen LogP contribution in [0.15, 0.2) is 30.3 Å². The Morgan fingerprint density at radius 3 is 2.64 bits per heavy atom. The minimum atomic E-state index is -0.0751. The smallest absolute Gasteiger partial charge is 0.244 e. The summed E-state index contributed by atoms with van der Waals surface area (Å²) in [5, 5.41) is 7.28. The van der Waals surface area contributed by atoms with Crippen molar-refractivity contribution in [3.8, 4) is 0 Å². The second-order valence-corrected chi connectivity index (χ2v) is 9.77. The Hall–Kier alpha value is -2.60. The number of fused-ring (bicyclic) bond motifs is 1. The van der Waals surface area contributed by atoms with Crippen LogP contribution in [0.25, 0.3) is 6.08 Å². The normalized spacial score (nSPS) is 20.3. The predicted molar refractivity (Wildman–Crippen MR) is 136 cm³/mol. The van der Waals surface area contributed by atoms with Gasteiger partial charge in [0.15, 0.2) is 0 Å². The molecule has 1 saturated carbocycles. The number of halogens is 1. The summed E-state index contributed by atoms with van der Waals surface area (Å²) in [6.07, 6.45) is 12.2. The van der Waals surface area contributed by atoms with E-state index in [0.717, 1.165) is 55.9 Å². The molecular formula is C26H34ClN5O. The molecule has 2 aromatic rings. The van der Waals surface area contributed by atoms with Gasteiger partial charge in [0.1, 0.15) is 5.82 Å². The Bertz CT molecular complexity index is 998. The van der Waals surface area contributed by atoms with Crippen LogP contribution in [0.2, 0.25) is 5.02 Å². The molecule has 1 heterocycles. The molecule has 0 atom stereocenters. The second-order valence-electron chi connectivity index (χ2n) is 9.36. The number of nitrogens with one attached hydrogen (secondary N) is 2. The van der Waals surface area contributed by atoms with Gasteiger partial charge in [-0.05, 0) is 75.0 Å². The number of anilines is 2. The van der Waals surface area contributed by atoms with Crippen molar-refractivity contribution in [1.82, 2.24) is 15.3 Å². The van der Waals surface area contributed by atoms with Gasteiger partial charge in [0.25, 0.3) is 0 Å². The lowest BCUT2D eigenvalue weighted by Gasteiger charge is -2.30. The summed E-state index contributed by atoms with van der Waals surface area (Å²) in [6, 6.07) is 7.89. The third kappa shape index (κ3) is 6.26. The fourth-order valence-electron chi connectivity index (χ4n) is 4.78. The number of carbonyl (C=O) groups excluding carboxylic acids is 1.